The molecule has 0 spiro atoms. The van der Waals surface area contributed by atoms with E-state index in [1.807, 2.05) is 18.3 Å². The van der Waals surface area contributed by atoms with Crippen molar-refractivity contribution in [2.45, 2.75) is 51.5 Å². The number of hydrogen-bond donors (Lipinski definition) is 1. The van der Waals surface area contributed by atoms with E-state index >= 15 is 0 Å². The number of carbonyl (C=O) groups excluding carboxylic acids is 2. The summed E-state index contributed by atoms with van der Waals surface area (Å²) in [6, 6.07) is 6.09. The maximum absolute atomic E-state index is 12.6. The number of rotatable bonds is 7. The van der Waals surface area contributed by atoms with Crippen molar-refractivity contribution in [3.05, 3.63) is 30.1 Å². The highest BCUT2D eigenvalue weighted by Crippen LogP contribution is 2.43. The van der Waals surface area contributed by atoms with E-state index in [1.165, 1.54) is 0 Å². The van der Waals surface area contributed by atoms with E-state index in [0.29, 0.717) is 18.9 Å². The third-order valence-corrected chi connectivity index (χ3v) is 6.12. The van der Waals surface area contributed by atoms with Crippen LogP contribution in [0.15, 0.2) is 24.4 Å². The molecule has 0 saturated heterocycles. The lowest BCUT2D eigenvalue weighted by Crippen LogP contribution is -2.46. The molecule has 0 unspecified atom stereocenters. The van der Waals surface area contributed by atoms with Crippen molar-refractivity contribution in [3.63, 3.8) is 0 Å². The maximum Gasteiger partial charge on any atom is 0.224 e. The van der Waals surface area contributed by atoms with Gasteiger partial charge in [-0.15, -0.1) is 0 Å². The fourth-order valence-corrected chi connectivity index (χ4v) is 4.09. The third-order valence-electron chi connectivity index (χ3n) is 6.12. The van der Waals surface area contributed by atoms with Gasteiger partial charge in [0.05, 0.1) is 16.6 Å². The van der Waals surface area contributed by atoms with Crippen LogP contribution in [0.2, 0.25) is 0 Å². The standard InChI is InChI=1S/C21H34N4O2/c1-20(2,19(22)27)15-25(5)18(26)14-16-9-11-21(12-10-16,24(3)4)17-8-6-7-13-23-17/h6-8,13,16H,9-12,14-15H2,1-5H3,(H2,22,27). The van der Waals surface area contributed by atoms with E-state index in [2.05, 4.69) is 30.0 Å². The summed E-state index contributed by atoms with van der Waals surface area (Å²) >= 11 is 0. The molecule has 1 saturated carbocycles. The van der Waals surface area contributed by atoms with Gasteiger partial charge in [0.25, 0.3) is 0 Å². The number of hydrogen-bond acceptors (Lipinski definition) is 4. The largest absolute Gasteiger partial charge is 0.369 e. The first-order valence-corrected chi connectivity index (χ1v) is 9.71. The van der Waals surface area contributed by atoms with Gasteiger partial charge in [-0.2, -0.15) is 0 Å². The van der Waals surface area contributed by atoms with E-state index in [1.54, 1.807) is 25.8 Å². The zero-order valence-corrected chi connectivity index (χ0v) is 17.4. The summed E-state index contributed by atoms with van der Waals surface area (Å²) in [7, 11) is 5.98. The molecule has 0 aliphatic heterocycles. The second-order valence-corrected chi connectivity index (χ2v) is 8.79. The highest BCUT2D eigenvalue weighted by Gasteiger charge is 2.40. The number of nitrogens with zero attached hydrogens (tertiary/aromatic N) is 3. The predicted octanol–water partition coefficient (Wildman–Crippen LogP) is 2.39. The topological polar surface area (TPSA) is 79.5 Å². The first-order chi connectivity index (χ1) is 12.6. The summed E-state index contributed by atoms with van der Waals surface area (Å²) in [5.74, 6) is 0.0730. The van der Waals surface area contributed by atoms with Crippen LogP contribution < -0.4 is 5.73 Å². The Balaban J connectivity index is 1.97. The van der Waals surface area contributed by atoms with Crippen LogP contribution in [0.25, 0.3) is 0 Å². The molecule has 1 heterocycles. The monoisotopic (exact) mass is 374 g/mol. The van der Waals surface area contributed by atoms with Crippen LogP contribution in [0, 0.1) is 11.3 Å². The van der Waals surface area contributed by atoms with E-state index in [9.17, 15) is 9.59 Å². The van der Waals surface area contributed by atoms with Crippen LogP contribution in [0.3, 0.4) is 0 Å². The van der Waals surface area contributed by atoms with Crippen molar-refractivity contribution in [1.29, 1.82) is 0 Å². The van der Waals surface area contributed by atoms with Gasteiger partial charge in [-0.3, -0.25) is 19.5 Å². The van der Waals surface area contributed by atoms with Crippen LogP contribution in [0.4, 0.5) is 0 Å². The quantitative estimate of drug-likeness (QED) is 0.795. The number of primary amides is 1. The molecular weight excluding hydrogens is 340 g/mol. The van der Waals surface area contributed by atoms with Gasteiger partial charge in [-0.1, -0.05) is 6.07 Å². The SMILES string of the molecule is CN(CC(C)(C)C(N)=O)C(=O)CC1CCC(c2ccccn2)(N(C)C)CC1. The van der Waals surface area contributed by atoms with Gasteiger partial charge in [0.15, 0.2) is 0 Å². The Hall–Kier alpha value is -1.95. The molecule has 0 bridgehead atoms. The van der Waals surface area contributed by atoms with Crippen LogP contribution in [0.1, 0.15) is 51.6 Å². The summed E-state index contributed by atoms with van der Waals surface area (Å²) in [4.78, 5) is 32.7. The van der Waals surface area contributed by atoms with Crippen molar-refractivity contribution in [2.75, 3.05) is 27.7 Å². The molecule has 0 radical (unpaired) electrons. The number of carbonyl (C=O) groups is 2. The van der Waals surface area contributed by atoms with Gasteiger partial charge in [0.1, 0.15) is 0 Å². The first kappa shape index (κ1) is 21.4. The van der Waals surface area contributed by atoms with Crippen LogP contribution in [0.5, 0.6) is 0 Å². The Labute approximate surface area is 163 Å². The Morgan fingerprint density at radius 2 is 1.85 bits per heavy atom. The molecule has 27 heavy (non-hydrogen) atoms. The van der Waals surface area contributed by atoms with Gasteiger partial charge in [0, 0.05) is 26.2 Å². The van der Waals surface area contributed by atoms with Gasteiger partial charge < -0.3 is 10.6 Å². The van der Waals surface area contributed by atoms with E-state index < -0.39 is 5.41 Å². The molecule has 1 aliphatic rings. The summed E-state index contributed by atoms with van der Waals surface area (Å²) in [6.07, 6.45) is 6.35. The van der Waals surface area contributed by atoms with E-state index in [0.717, 1.165) is 31.4 Å². The van der Waals surface area contributed by atoms with Gasteiger partial charge in [-0.05, 0) is 71.7 Å². The molecule has 1 fully saturated rings. The summed E-state index contributed by atoms with van der Waals surface area (Å²) in [6.45, 7) is 3.90. The highest BCUT2D eigenvalue weighted by atomic mass is 16.2. The first-order valence-electron chi connectivity index (χ1n) is 9.71. The Morgan fingerprint density at radius 3 is 2.33 bits per heavy atom. The molecule has 6 heteroatoms. The number of pyridine rings is 1. The minimum atomic E-state index is -0.712. The average molecular weight is 375 g/mol. The zero-order chi connectivity index (χ0) is 20.2. The van der Waals surface area contributed by atoms with E-state index in [4.69, 9.17) is 5.73 Å². The third kappa shape index (κ3) is 4.86. The average Bonchev–Trinajstić information content (AvgIpc) is 2.62. The second kappa shape index (κ2) is 8.38. The molecule has 1 aliphatic carbocycles. The fraction of sp³-hybridized carbons (Fsp3) is 0.667. The van der Waals surface area contributed by atoms with Crippen molar-refractivity contribution in [1.82, 2.24) is 14.8 Å². The van der Waals surface area contributed by atoms with Crippen LogP contribution in [-0.2, 0) is 15.1 Å². The Morgan fingerprint density at radius 1 is 1.22 bits per heavy atom. The maximum atomic E-state index is 12.6. The summed E-state index contributed by atoms with van der Waals surface area (Å²) < 4.78 is 0. The fourth-order valence-electron chi connectivity index (χ4n) is 4.09. The predicted molar refractivity (Wildman–Crippen MR) is 107 cm³/mol. The highest BCUT2D eigenvalue weighted by molar-refractivity contribution is 5.82. The zero-order valence-electron chi connectivity index (χ0n) is 17.4. The molecule has 1 aromatic heterocycles. The molecular formula is C21H34N4O2. The van der Waals surface area contributed by atoms with Gasteiger partial charge in [-0.25, -0.2) is 0 Å². The minimum absolute atomic E-state index is 0.0549. The van der Waals surface area contributed by atoms with Crippen molar-refractivity contribution < 1.29 is 9.59 Å². The smallest absolute Gasteiger partial charge is 0.224 e. The summed E-state index contributed by atoms with van der Waals surface area (Å²) in [5, 5.41) is 0. The molecule has 150 valence electrons. The Bertz CT molecular complexity index is 649. The van der Waals surface area contributed by atoms with Crippen LogP contribution >= 0.6 is 0 Å². The second-order valence-electron chi connectivity index (χ2n) is 8.79. The molecule has 0 atom stereocenters. The van der Waals surface area contributed by atoms with Crippen molar-refractivity contribution in [2.24, 2.45) is 17.1 Å². The van der Waals surface area contributed by atoms with E-state index in [-0.39, 0.29) is 17.4 Å². The lowest BCUT2D eigenvalue weighted by atomic mass is 9.72. The number of amides is 2. The molecule has 2 amide bonds. The number of nitrogens with two attached hydrogens (primary N) is 1. The molecule has 6 nitrogen and oxygen atoms in total. The lowest BCUT2D eigenvalue weighted by molar-refractivity contribution is -0.135. The van der Waals surface area contributed by atoms with Gasteiger partial charge >= 0.3 is 0 Å². The summed E-state index contributed by atoms with van der Waals surface area (Å²) in [5.41, 5.74) is 5.77. The van der Waals surface area contributed by atoms with Crippen molar-refractivity contribution in [3.8, 4) is 0 Å². The molecule has 2 N–H and O–H groups in total. The normalized spacial score (nSPS) is 23.3. The minimum Gasteiger partial charge on any atom is -0.369 e. The lowest BCUT2D eigenvalue weighted by Gasteiger charge is -2.44. The molecule has 0 aromatic carbocycles. The molecule has 2 rings (SSSR count). The molecule has 1 aromatic rings. The number of aromatic nitrogens is 1. The van der Waals surface area contributed by atoms with Crippen molar-refractivity contribution >= 4 is 11.8 Å². The Kier molecular flexibility index (Phi) is 6.63. The van der Waals surface area contributed by atoms with Crippen LogP contribution in [-0.4, -0.2) is 54.3 Å². The van der Waals surface area contributed by atoms with Gasteiger partial charge in [0.2, 0.25) is 11.8 Å².